The second-order valence-corrected chi connectivity index (χ2v) is 6.42. The van der Waals surface area contributed by atoms with Gasteiger partial charge in [-0.1, -0.05) is 12.1 Å². The van der Waals surface area contributed by atoms with Gasteiger partial charge in [0.15, 0.2) is 11.6 Å². The number of rotatable bonds is 4. The lowest BCUT2D eigenvalue weighted by atomic mass is 10.1. The molecule has 3 aromatic carbocycles. The van der Waals surface area contributed by atoms with Crippen molar-refractivity contribution in [2.24, 2.45) is 0 Å². The summed E-state index contributed by atoms with van der Waals surface area (Å²) in [6.45, 7) is 3.93. The van der Waals surface area contributed by atoms with E-state index in [1.807, 2.05) is 26.0 Å². The van der Waals surface area contributed by atoms with Crippen molar-refractivity contribution in [1.82, 2.24) is 0 Å². The van der Waals surface area contributed by atoms with Crippen LogP contribution in [0.5, 0.6) is 0 Å². The van der Waals surface area contributed by atoms with E-state index in [9.17, 15) is 18.4 Å². The number of hydrogen-bond acceptors (Lipinski definition) is 2. The summed E-state index contributed by atoms with van der Waals surface area (Å²) in [4.78, 5) is 24.9. The fraction of sp³-hybridized carbons (Fsp3) is 0.0909. The molecule has 0 aliphatic heterocycles. The van der Waals surface area contributed by atoms with E-state index in [0.29, 0.717) is 11.3 Å². The van der Waals surface area contributed by atoms with Gasteiger partial charge in [-0.15, -0.1) is 0 Å². The Morgan fingerprint density at radius 1 is 0.679 bits per heavy atom. The second kappa shape index (κ2) is 8.00. The summed E-state index contributed by atoms with van der Waals surface area (Å²) in [6, 6.07) is 14.8. The number of hydrogen-bond donors (Lipinski definition) is 2. The monoisotopic (exact) mass is 380 g/mol. The summed E-state index contributed by atoms with van der Waals surface area (Å²) >= 11 is 0. The van der Waals surface area contributed by atoms with E-state index < -0.39 is 17.5 Å². The summed E-state index contributed by atoms with van der Waals surface area (Å²) in [5.74, 6) is -2.94. The van der Waals surface area contributed by atoms with Crippen LogP contribution in [0.4, 0.5) is 20.2 Å². The Hall–Kier alpha value is -3.54. The molecule has 0 atom stereocenters. The largest absolute Gasteiger partial charge is 0.322 e. The molecule has 28 heavy (non-hydrogen) atoms. The number of carbonyl (C=O) groups excluding carboxylic acids is 2. The zero-order valence-corrected chi connectivity index (χ0v) is 15.3. The first-order chi connectivity index (χ1) is 13.3. The smallest absolute Gasteiger partial charge is 0.255 e. The average molecular weight is 380 g/mol. The summed E-state index contributed by atoms with van der Waals surface area (Å²) in [5, 5.41) is 5.27. The fourth-order valence-corrected chi connectivity index (χ4v) is 2.60. The van der Waals surface area contributed by atoms with E-state index in [4.69, 9.17) is 0 Å². The van der Waals surface area contributed by atoms with Crippen molar-refractivity contribution in [3.8, 4) is 0 Å². The van der Waals surface area contributed by atoms with Crippen molar-refractivity contribution in [3.05, 3.63) is 94.6 Å². The maximum atomic E-state index is 13.3. The molecule has 0 unspecified atom stereocenters. The van der Waals surface area contributed by atoms with Crippen molar-refractivity contribution in [2.45, 2.75) is 13.8 Å². The first kappa shape index (κ1) is 19.2. The van der Waals surface area contributed by atoms with Crippen molar-refractivity contribution >= 4 is 23.2 Å². The molecule has 0 saturated heterocycles. The van der Waals surface area contributed by atoms with Crippen molar-refractivity contribution < 1.29 is 18.4 Å². The molecule has 6 heteroatoms. The average Bonchev–Trinajstić information content (AvgIpc) is 2.67. The topological polar surface area (TPSA) is 58.2 Å². The van der Waals surface area contributed by atoms with Gasteiger partial charge in [0.25, 0.3) is 11.8 Å². The van der Waals surface area contributed by atoms with Crippen molar-refractivity contribution in [3.63, 3.8) is 0 Å². The minimum Gasteiger partial charge on any atom is -0.322 e. The third kappa shape index (κ3) is 4.40. The number of carbonyl (C=O) groups is 2. The van der Waals surface area contributed by atoms with Crippen LogP contribution < -0.4 is 10.6 Å². The van der Waals surface area contributed by atoms with Gasteiger partial charge in [0, 0.05) is 28.6 Å². The van der Waals surface area contributed by atoms with E-state index in [0.717, 1.165) is 23.3 Å². The van der Waals surface area contributed by atoms with Gasteiger partial charge in [-0.2, -0.15) is 0 Å². The molecule has 0 aromatic heterocycles. The molecular formula is C22H18F2N2O2. The number of halogens is 2. The molecule has 0 aliphatic carbocycles. The Morgan fingerprint density at radius 3 is 1.82 bits per heavy atom. The summed E-state index contributed by atoms with van der Waals surface area (Å²) in [7, 11) is 0. The Kier molecular flexibility index (Phi) is 5.49. The van der Waals surface area contributed by atoms with Gasteiger partial charge in [-0.05, 0) is 67.4 Å². The molecule has 3 rings (SSSR count). The molecule has 0 bridgehead atoms. The Balaban J connectivity index is 1.75. The van der Waals surface area contributed by atoms with Crippen molar-refractivity contribution in [1.29, 1.82) is 0 Å². The first-order valence-electron chi connectivity index (χ1n) is 8.58. The second-order valence-electron chi connectivity index (χ2n) is 6.42. The first-order valence-corrected chi connectivity index (χ1v) is 8.58. The third-order valence-electron chi connectivity index (χ3n) is 4.33. The number of benzene rings is 3. The van der Waals surface area contributed by atoms with Crippen LogP contribution in [0.1, 0.15) is 31.8 Å². The molecule has 0 fully saturated rings. The molecule has 0 aliphatic rings. The van der Waals surface area contributed by atoms with E-state index in [1.54, 1.807) is 18.2 Å². The van der Waals surface area contributed by atoms with Crippen LogP contribution in [-0.2, 0) is 0 Å². The van der Waals surface area contributed by atoms with Gasteiger partial charge in [0.1, 0.15) is 0 Å². The predicted molar refractivity (Wildman–Crippen MR) is 105 cm³/mol. The zero-order valence-electron chi connectivity index (χ0n) is 15.3. The summed E-state index contributed by atoms with van der Waals surface area (Å²) in [5.41, 5.74) is 3.47. The van der Waals surface area contributed by atoms with E-state index in [1.165, 1.54) is 18.2 Å². The normalized spacial score (nSPS) is 10.4. The molecule has 4 nitrogen and oxygen atoms in total. The van der Waals surface area contributed by atoms with E-state index in [-0.39, 0.29) is 17.2 Å². The van der Waals surface area contributed by atoms with Crippen LogP contribution in [-0.4, -0.2) is 11.8 Å². The Morgan fingerprint density at radius 2 is 1.25 bits per heavy atom. The van der Waals surface area contributed by atoms with Crippen LogP contribution in [0.3, 0.4) is 0 Å². The van der Waals surface area contributed by atoms with Gasteiger partial charge in [-0.25, -0.2) is 8.78 Å². The maximum Gasteiger partial charge on any atom is 0.255 e. The fourth-order valence-electron chi connectivity index (χ4n) is 2.60. The van der Waals surface area contributed by atoms with Gasteiger partial charge in [0.2, 0.25) is 0 Å². The standard InChI is InChI=1S/C22H18F2N2O2/c1-13-6-7-17(10-14(13)2)25-21(27)15-4-3-5-16(11-15)22(28)26-18-8-9-19(23)20(24)12-18/h3-12H,1-2H3,(H,25,27)(H,26,28). The van der Waals surface area contributed by atoms with E-state index in [2.05, 4.69) is 10.6 Å². The maximum absolute atomic E-state index is 13.3. The predicted octanol–water partition coefficient (Wildman–Crippen LogP) is 5.09. The molecular weight excluding hydrogens is 362 g/mol. The summed E-state index contributed by atoms with van der Waals surface area (Å²) < 4.78 is 26.3. The lowest BCUT2D eigenvalue weighted by Gasteiger charge is -2.09. The number of nitrogens with one attached hydrogen (secondary N) is 2. The Labute approximate surface area is 161 Å². The van der Waals surface area contributed by atoms with Crippen LogP contribution in [0.25, 0.3) is 0 Å². The quantitative estimate of drug-likeness (QED) is 0.663. The van der Waals surface area contributed by atoms with Gasteiger partial charge in [-0.3, -0.25) is 9.59 Å². The van der Waals surface area contributed by atoms with Crippen LogP contribution in [0.2, 0.25) is 0 Å². The molecule has 2 amide bonds. The molecule has 0 radical (unpaired) electrons. The third-order valence-corrected chi connectivity index (χ3v) is 4.33. The Bertz CT molecular complexity index is 983. The zero-order chi connectivity index (χ0) is 20.3. The molecule has 0 heterocycles. The minimum absolute atomic E-state index is 0.119. The molecule has 0 spiro atoms. The summed E-state index contributed by atoms with van der Waals surface area (Å²) in [6.07, 6.45) is 0. The lowest BCUT2D eigenvalue weighted by molar-refractivity contribution is 0.102. The highest BCUT2D eigenvalue weighted by Crippen LogP contribution is 2.17. The molecule has 3 aromatic rings. The van der Waals surface area contributed by atoms with Crippen molar-refractivity contribution in [2.75, 3.05) is 10.6 Å². The van der Waals surface area contributed by atoms with Crippen LogP contribution >= 0.6 is 0 Å². The van der Waals surface area contributed by atoms with Gasteiger partial charge in [0.05, 0.1) is 0 Å². The molecule has 142 valence electrons. The highest BCUT2D eigenvalue weighted by atomic mass is 19.2. The van der Waals surface area contributed by atoms with E-state index >= 15 is 0 Å². The molecule has 2 N–H and O–H groups in total. The molecule has 0 saturated carbocycles. The minimum atomic E-state index is -1.06. The highest BCUT2D eigenvalue weighted by Gasteiger charge is 2.12. The number of amides is 2. The van der Waals surface area contributed by atoms with Gasteiger partial charge < -0.3 is 10.6 Å². The van der Waals surface area contributed by atoms with Crippen LogP contribution in [0, 0.1) is 25.5 Å². The number of anilines is 2. The lowest BCUT2D eigenvalue weighted by Crippen LogP contribution is -2.15. The number of aryl methyl sites for hydroxylation is 2. The van der Waals surface area contributed by atoms with Gasteiger partial charge >= 0.3 is 0 Å². The SMILES string of the molecule is Cc1ccc(NC(=O)c2cccc(C(=O)Nc3ccc(F)c(F)c3)c2)cc1C. The highest BCUT2D eigenvalue weighted by molar-refractivity contribution is 6.08. The van der Waals surface area contributed by atoms with Crippen LogP contribution in [0.15, 0.2) is 60.7 Å².